The maximum absolute atomic E-state index is 12.0. The number of hydrogen-bond donors (Lipinski definition) is 0. The molecule has 1 fully saturated rings. The predicted molar refractivity (Wildman–Crippen MR) is 124 cm³/mol. The lowest BCUT2D eigenvalue weighted by Crippen LogP contribution is -2.53. The molecule has 5 heteroatoms. The van der Waals surface area contributed by atoms with Crippen LogP contribution in [0.25, 0.3) is 11.1 Å². The van der Waals surface area contributed by atoms with Crippen LogP contribution in [0.1, 0.15) is 38.3 Å². The molecule has 4 rings (SSSR count). The summed E-state index contributed by atoms with van der Waals surface area (Å²) in [6.07, 6.45) is 3.50. The fourth-order valence-corrected chi connectivity index (χ4v) is 5.75. The molecule has 2 aromatic carbocycles. The normalized spacial score (nSPS) is 21.0. The van der Waals surface area contributed by atoms with Crippen LogP contribution in [0.2, 0.25) is 0 Å². The van der Waals surface area contributed by atoms with Gasteiger partial charge in [-0.1, -0.05) is 37.3 Å². The van der Waals surface area contributed by atoms with E-state index in [4.69, 9.17) is 0 Å². The number of aryl methyl sites for hydroxylation is 1. The molecule has 1 aliphatic heterocycles. The number of sulfone groups is 1. The Morgan fingerprint density at radius 2 is 1.60 bits per heavy atom. The third kappa shape index (κ3) is 4.48. The zero-order valence-corrected chi connectivity index (χ0v) is 19.3. The number of benzene rings is 2. The average molecular weight is 427 g/mol. The van der Waals surface area contributed by atoms with Crippen LogP contribution in [0.5, 0.6) is 0 Å². The highest BCUT2D eigenvalue weighted by Gasteiger charge is 2.28. The van der Waals surface area contributed by atoms with Gasteiger partial charge in [-0.25, -0.2) is 8.42 Å². The van der Waals surface area contributed by atoms with Crippen LogP contribution in [0.15, 0.2) is 47.4 Å². The number of nitrogens with zero attached hydrogens (tertiary/aromatic N) is 2. The van der Waals surface area contributed by atoms with E-state index < -0.39 is 9.84 Å². The average Bonchev–Trinajstić information content (AvgIpc) is 2.78. The Morgan fingerprint density at radius 1 is 0.933 bits per heavy atom. The minimum absolute atomic E-state index is 0.138. The van der Waals surface area contributed by atoms with E-state index in [9.17, 15) is 8.42 Å². The smallest absolute Gasteiger partial charge is 0.178 e. The third-order valence-electron chi connectivity index (χ3n) is 6.93. The highest BCUT2D eigenvalue weighted by Crippen LogP contribution is 2.30. The molecule has 0 spiro atoms. The summed E-state index contributed by atoms with van der Waals surface area (Å²) in [6, 6.07) is 15.4. The lowest BCUT2D eigenvalue weighted by Gasteiger charge is -2.42. The second-order valence-electron chi connectivity index (χ2n) is 8.97. The van der Waals surface area contributed by atoms with Crippen molar-refractivity contribution in [3.05, 3.63) is 53.6 Å². The second kappa shape index (κ2) is 8.81. The van der Waals surface area contributed by atoms with Gasteiger partial charge in [-0.15, -0.1) is 0 Å². The van der Waals surface area contributed by atoms with Crippen molar-refractivity contribution in [3.8, 4) is 11.1 Å². The first-order valence-electron chi connectivity index (χ1n) is 11.3. The van der Waals surface area contributed by atoms with Crippen LogP contribution < -0.4 is 0 Å². The summed E-state index contributed by atoms with van der Waals surface area (Å²) in [7, 11) is -3.14. The zero-order valence-electron chi connectivity index (χ0n) is 18.5. The molecular weight excluding hydrogens is 392 g/mol. The number of hydrogen-bond acceptors (Lipinski definition) is 4. The number of fused-ring (bicyclic) bond motifs is 1. The standard InChI is InChI=1S/C25H34N2O2S/c1-4-30(28,29)25-11-8-20(9-12-25)21-5-6-23-18-24(10-7-22(23)17-21)27-15-13-26(14-16-27)19(2)3/h5-6,8-9,11-12,17,19,24H,4,7,10,13-16,18H2,1-3H3. The Labute approximate surface area is 181 Å². The van der Waals surface area contributed by atoms with Crippen LogP contribution in [-0.2, 0) is 22.7 Å². The summed E-state index contributed by atoms with van der Waals surface area (Å²) >= 11 is 0. The Hall–Kier alpha value is -1.69. The van der Waals surface area contributed by atoms with Crippen LogP contribution >= 0.6 is 0 Å². The van der Waals surface area contributed by atoms with Crippen LogP contribution in [-0.4, -0.2) is 62.2 Å². The van der Waals surface area contributed by atoms with E-state index in [1.165, 1.54) is 49.3 Å². The number of rotatable bonds is 5. The van der Waals surface area contributed by atoms with E-state index in [1.807, 2.05) is 12.1 Å². The highest BCUT2D eigenvalue weighted by atomic mass is 32.2. The molecule has 1 atom stereocenters. The van der Waals surface area contributed by atoms with Gasteiger partial charge in [-0.05, 0) is 67.5 Å². The SMILES string of the molecule is CCS(=O)(=O)c1ccc(-c2ccc3c(c2)CCC(N2CCN(C(C)C)CC2)C3)cc1. The molecule has 2 aliphatic rings. The second-order valence-corrected chi connectivity index (χ2v) is 11.3. The van der Waals surface area contributed by atoms with E-state index in [1.54, 1.807) is 19.1 Å². The summed E-state index contributed by atoms with van der Waals surface area (Å²) in [5.41, 5.74) is 5.19. The van der Waals surface area contributed by atoms with E-state index in [2.05, 4.69) is 41.8 Å². The molecule has 1 saturated heterocycles. The first kappa shape index (κ1) is 21.5. The van der Waals surface area contributed by atoms with Crippen molar-refractivity contribution in [2.75, 3.05) is 31.9 Å². The van der Waals surface area contributed by atoms with Crippen molar-refractivity contribution in [1.82, 2.24) is 9.80 Å². The van der Waals surface area contributed by atoms with Gasteiger partial charge in [0.25, 0.3) is 0 Å². The summed E-state index contributed by atoms with van der Waals surface area (Å²) in [5, 5.41) is 0. The van der Waals surface area contributed by atoms with Crippen molar-refractivity contribution in [1.29, 1.82) is 0 Å². The zero-order chi connectivity index (χ0) is 21.3. The summed E-state index contributed by atoms with van der Waals surface area (Å²) in [5.74, 6) is 0.138. The summed E-state index contributed by atoms with van der Waals surface area (Å²) in [4.78, 5) is 5.69. The van der Waals surface area contributed by atoms with Gasteiger partial charge in [0.2, 0.25) is 0 Å². The van der Waals surface area contributed by atoms with Crippen LogP contribution in [0.4, 0.5) is 0 Å². The first-order valence-corrected chi connectivity index (χ1v) is 13.0. The molecule has 0 aromatic heterocycles. The Morgan fingerprint density at radius 3 is 2.23 bits per heavy atom. The maximum atomic E-state index is 12.0. The van der Waals surface area contributed by atoms with Gasteiger partial charge >= 0.3 is 0 Å². The molecule has 0 N–H and O–H groups in total. The van der Waals surface area contributed by atoms with Crippen molar-refractivity contribution in [3.63, 3.8) is 0 Å². The Kier molecular flexibility index (Phi) is 6.33. The monoisotopic (exact) mass is 426 g/mol. The lowest BCUT2D eigenvalue weighted by atomic mass is 9.85. The van der Waals surface area contributed by atoms with Gasteiger partial charge < -0.3 is 0 Å². The molecule has 4 nitrogen and oxygen atoms in total. The van der Waals surface area contributed by atoms with Crippen molar-refractivity contribution < 1.29 is 8.42 Å². The minimum Gasteiger partial charge on any atom is -0.298 e. The largest absolute Gasteiger partial charge is 0.298 e. The fraction of sp³-hybridized carbons (Fsp3) is 0.520. The highest BCUT2D eigenvalue weighted by molar-refractivity contribution is 7.91. The topological polar surface area (TPSA) is 40.6 Å². The quantitative estimate of drug-likeness (QED) is 0.724. The molecule has 1 heterocycles. The van der Waals surface area contributed by atoms with E-state index >= 15 is 0 Å². The van der Waals surface area contributed by atoms with Gasteiger partial charge in [-0.2, -0.15) is 0 Å². The number of piperazine rings is 1. The van der Waals surface area contributed by atoms with E-state index in [-0.39, 0.29) is 5.75 Å². The van der Waals surface area contributed by atoms with Crippen molar-refractivity contribution in [2.24, 2.45) is 0 Å². The third-order valence-corrected chi connectivity index (χ3v) is 8.68. The molecule has 2 aromatic rings. The van der Waals surface area contributed by atoms with E-state index in [0.717, 1.165) is 18.4 Å². The minimum atomic E-state index is -3.14. The molecule has 162 valence electrons. The molecule has 1 unspecified atom stereocenters. The van der Waals surface area contributed by atoms with Gasteiger partial charge in [0.1, 0.15) is 0 Å². The molecule has 0 bridgehead atoms. The van der Waals surface area contributed by atoms with Crippen molar-refractivity contribution >= 4 is 9.84 Å². The Bertz CT molecular complexity index is 975. The summed E-state index contributed by atoms with van der Waals surface area (Å²) < 4.78 is 24.1. The van der Waals surface area contributed by atoms with Crippen LogP contribution in [0, 0.1) is 0 Å². The first-order chi connectivity index (χ1) is 14.4. The molecule has 0 radical (unpaired) electrons. The van der Waals surface area contributed by atoms with Crippen molar-refractivity contribution in [2.45, 2.75) is 57.0 Å². The summed E-state index contributed by atoms with van der Waals surface area (Å²) in [6.45, 7) is 11.0. The van der Waals surface area contributed by atoms with Gasteiger partial charge in [0.05, 0.1) is 10.6 Å². The molecule has 30 heavy (non-hydrogen) atoms. The molecular formula is C25H34N2O2S. The Balaban J connectivity index is 1.45. The molecule has 0 saturated carbocycles. The van der Waals surface area contributed by atoms with E-state index in [0.29, 0.717) is 17.0 Å². The molecule has 1 aliphatic carbocycles. The van der Waals surface area contributed by atoms with Gasteiger partial charge in [-0.3, -0.25) is 9.80 Å². The van der Waals surface area contributed by atoms with Crippen LogP contribution in [0.3, 0.4) is 0 Å². The predicted octanol–water partition coefficient (Wildman–Crippen LogP) is 4.03. The fourth-order valence-electron chi connectivity index (χ4n) is 4.87. The van der Waals surface area contributed by atoms with Gasteiger partial charge in [0.15, 0.2) is 9.84 Å². The lowest BCUT2D eigenvalue weighted by molar-refractivity contribution is 0.0730. The maximum Gasteiger partial charge on any atom is 0.178 e. The van der Waals surface area contributed by atoms with Gasteiger partial charge in [0, 0.05) is 38.3 Å². The molecule has 0 amide bonds.